The van der Waals surface area contributed by atoms with Crippen molar-refractivity contribution in [3.63, 3.8) is 0 Å². The highest BCUT2D eigenvalue weighted by atomic mass is 19.1. The van der Waals surface area contributed by atoms with Gasteiger partial charge in [0.1, 0.15) is 5.82 Å². The second-order valence-corrected chi connectivity index (χ2v) is 5.86. The number of amidine groups is 1. The zero-order valence-corrected chi connectivity index (χ0v) is 12.2. The molecule has 0 bridgehead atoms. The largest absolute Gasteiger partial charge is 0.409 e. The highest BCUT2D eigenvalue weighted by Crippen LogP contribution is 2.28. The van der Waals surface area contributed by atoms with Crippen LogP contribution in [0.5, 0.6) is 0 Å². The minimum atomic E-state index is -0.395. The molecule has 2 rings (SSSR count). The molecule has 0 spiro atoms. The van der Waals surface area contributed by atoms with E-state index in [0.29, 0.717) is 12.1 Å². The average molecular weight is 295 g/mol. The van der Waals surface area contributed by atoms with Crippen molar-refractivity contribution in [3.05, 3.63) is 35.1 Å². The maximum atomic E-state index is 13.5. The molecule has 4 N–H and O–H groups in total. The first-order valence-corrected chi connectivity index (χ1v) is 7.08. The van der Waals surface area contributed by atoms with Gasteiger partial charge in [0.2, 0.25) is 0 Å². The fraction of sp³-hybridized carbons (Fsp3) is 0.533. The Morgan fingerprint density at radius 1 is 1.43 bits per heavy atom. The minimum Gasteiger partial charge on any atom is -0.409 e. The van der Waals surface area contributed by atoms with Crippen molar-refractivity contribution in [2.24, 2.45) is 16.3 Å². The van der Waals surface area contributed by atoms with Gasteiger partial charge < -0.3 is 21.0 Å². The van der Waals surface area contributed by atoms with Gasteiger partial charge in [-0.25, -0.2) is 4.39 Å². The number of oxime groups is 1. The number of benzene rings is 1. The molecule has 0 amide bonds. The Balaban J connectivity index is 1.95. The smallest absolute Gasteiger partial charge is 0.170 e. The van der Waals surface area contributed by atoms with Crippen molar-refractivity contribution in [3.8, 4) is 0 Å². The molecule has 1 aliphatic rings. The van der Waals surface area contributed by atoms with Gasteiger partial charge in [0, 0.05) is 31.9 Å². The molecular weight excluding hydrogens is 273 g/mol. The summed E-state index contributed by atoms with van der Waals surface area (Å²) in [6, 6.07) is 4.42. The lowest BCUT2D eigenvalue weighted by Gasteiger charge is -2.33. The van der Waals surface area contributed by atoms with E-state index in [0.717, 1.165) is 38.2 Å². The van der Waals surface area contributed by atoms with E-state index in [1.54, 1.807) is 6.07 Å². The van der Waals surface area contributed by atoms with Crippen LogP contribution in [-0.2, 0) is 11.3 Å². The third-order valence-corrected chi connectivity index (χ3v) is 3.94. The van der Waals surface area contributed by atoms with Gasteiger partial charge in [-0.05, 0) is 42.0 Å². The zero-order valence-electron chi connectivity index (χ0n) is 12.2. The minimum absolute atomic E-state index is 0.0906. The number of rotatable bonds is 5. The van der Waals surface area contributed by atoms with E-state index in [2.05, 4.69) is 17.4 Å². The second-order valence-electron chi connectivity index (χ2n) is 5.86. The maximum absolute atomic E-state index is 13.5. The normalized spacial score (nSPS) is 18.7. The van der Waals surface area contributed by atoms with E-state index < -0.39 is 5.82 Å². The molecule has 0 radical (unpaired) electrons. The predicted molar refractivity (Wildman–Crippen MR) is 78.8 cm³/mol. The van der Waals surface area contributed by atoms with Crippen LogP contribution in [0.2, 0.25) is 0 Å². The van der Waals surface area contributed by atoms with Gasteiger partial charge in [0.25, 0.3) is 0 Å². The van der Waals surface area contributed by atoms with Crippen molar-refractivity contribution >= 4 is 5.84 Å². The molecule has 0 saturated carbocycles. The zero-order chi connectivity index (χ0) is 15.3. The molecule has 0 atom stereocenters. The fourth-order valence-electron chi connectivity index (χ4n) is 2.51. The summed E-state index contributed by atoms with van der Waals surface area (Å²) < 4.78 is 18.9. The highest BCUT2D eigenvalue weighted by molar-refractivity contribution is 5.97. The van der Waals surface area contributed by atoms with Gasteiger partial charge in [-0.15, -0.1) is 0 Å². The van der Waals surface area contributed by atoms with Crippen LogP contribution in [0.3, 0.4) is 0 Å². The molecule has 0 aromatic heterocycles. The van der Waals surface area contributed by atoms with Crippen LogP contribution in [-0.4, -0.2) is 30.8 Å². The molecule has 1 aromatic rings. The molecule has 1 aromatic carbocycles. The number of hydrogen-bond donors (Lipinski definition) is 3. The molecule has 1 heterocycles. The summed E-state index contributed by atoms with van der Waals surface area (Å²) in [5.74, 6) is -0.486. The van der Waals surface area contributed by atoms with E-state index >= 15 is 0 Å². The Kier molecular flexibility index (Phi) is 5.14. The Morgan fingerprint density at radius 2 is 2.14 bits per heavy atom. The van der Waals surface area contributed by atoms with E-state index in [1.807, 2.05) is 0 Å². The quantitative estimate of drug-likeness (QED) is 0.335. The molecule has 6 heteroatoms. The number of nitrogens with two attached hydrogens (primary N) is 1. The highest BCUT2D eigenvalue weighted by Gasteiger charge is 2.26. The first kappa shape index (κ1) is 15.7. The lowest BCUT2D eigenvalue weighted by molar-refractivity contribution is 0.0240. The van der Waals surface area contributed by atoms with Gasteiger partial charge in [-0.2, -0.15) is 0 Å². The summed E-state index contributed by atoms with van der Waals surface area (Å²) in [6.07, 6.45) is 2.05. The summed E-state index contributed by atoms with van der Waals surface area (Å²) >= 11 is 0. The van der Waals surface area contributed by atoms with Crippen molar-refractivity contribution < 1.29 is 14.3 Å². The lowest BCUT2D eigenvalue weighted by Crippen LogP contribution is -2.36. The van der Waals surface area contributed by atoms with Crippen LogP contribution >= 0.6 is 0 Å². The van der Waals surface area contributed by atoms with Crippen LogP contribution in [0.25, 0.3) is 0 Å². The van der Waals surface area contributed by atoms with Gasteiger partial charge in [-0.3, -0.25) is 0 Å². The van der Waals surface area contributed by atoms with E-state index in [1.165, 1.54) is 12.1 Å². The van der Waals surface area contributed by atoms with Crippen LogP contribution in [0.1, 0.15) is 30.9 Å². The summed E-state index contributed by atoms with van der Waals surface area (Å²) in [5, 5.41) is 14.9. The summed E-state index contributed by atoms with van der Waals surface area (Å²) in [6.45, 7) is 5.22. The lowest BCUT2D eigenvalue weighted by atomic mass is 9.82. The molecular formula is C15H22FN3O2. The third kappa shape index (κ3) is 4.41. The van der Waals surface area contributed by atoms with Crippen molar-refractivity contribution in [1.29, 1.82) is 0 Å². The average Bonchev–Trinajstić information content (AvgIpc) is 2.46. The van der Waals surface area contributed by atoms with Crippen LogP contribution in [0, 0.1) is 11.2 Å². The van der Waals surface area contributed by atoms with E-state index in [9.17, 15) is 4.39 Å². The molecule has 5 nitrogen and oxygen atoms in total. The number of ether oxygens (including phenoxy) is 1. The fourth-order valence-corrected chi connectivity index (χ4v) is 2.51. The first-order valence-electron chi connectivity index (χ1n) is 7.08. The molecule has 116 valence electrons. The SMILES string of the molecule is CC1(CNCc2cc(F)cc(/C(N)=N/O)c2)CCOCC1. The molecule has 21 heavy (non-hydrogen) atoms. The molecule has 1 saturated heterocycles. The monoisotopic (exact) mass is 295 g/mol. The van der Waals surface area contributed by atoms with E-state index in [-0.39, 0.29) is 11.3 Å². The van der Waals surface area contributed by atoms with Crippen LogP contribution in [0.15, 0.2) is 23.4 Å². The molecule has 1 aliphatic heterocycles. The third-order valence-electron chi connectivity index (χ3n) is 3.94. The first-order chi connectivity index (χ1) is 10.0. The maximum Gasteiger partial charge on any atom is 0.170 e. The standard InChI is InChI=1S/C15H22FN3O2/c1-15(2-4-21-5-3-15)10-18-9-11-6-12(14(17)19-20)8-13(16)7-11/h6-8,18,20H,2-5,9-10H2,1H3,(H2,17,19). The van der Waals surface area contributed by atoms with E-state index in [4.69, 9.17) is 15.7 Å². The molecule has 1 fully saturated rings. The number of nitrogens with one attached hydrogen (secondary N) is 1. The predicted octanol–water partition coefficient (Wildman–Crippen LogP) is 1.83. The van der Waals surface area contributed by atoms with Crippen molar-refractivity contribution in [2.45, 2.75) is 26.3 Å². The molecule has 0 unspecified atom stereocenters. The topological polar surface area (TPSA) is 79.9 Å². The summed E-state index contributed by atoms with van der Waals surface area (Å²) in [4.78, 5) is 0. The second kappa shape index (κ2) is 6.87. The van der Waals surface area contributed by atoms with Gasteiger partial charge >= 0.3 is 0 Å². The summed E-state index contributed by atoms with van der Waals surface area (Å²) in [7, 11) is 0. The van der Waals surface area contributed by atoms with Crippen molar-refractivity contribution in [1.82, 2.24) is 5.32 Å². The Labute approximate surface area is 124 Å². The Hall–Kier alpha value is -1.66. The van der Waals surface area contributed by atoms with Gasteiger partial charge in [0.05, 0.1) is 0 Å². The summed E-state index contributed by atoms with van der Waals surface area (Å²) in [5.41, 5.74) is 6.87. The number of hydrogen-bond acceptors (Lipinski definition) is 4. The number of nitrogens with zero attached hydrogens (tertiary/aromatic N) is 1. The molecule has 0 aliphatic carbocycles. The Bertz CT molecular complexity index is 514. The van der Waals surface area contributed by atoms with Crippen LogP contribution < -0.4 is 11.1 Å². The van der Waals surface area contributed by atoms with Gasteiger partial charge in [0.15, 0.2) is 5.84 Å². The van der Waals surface area contributed by atoms with Crippen LogP contribution in [0.4, 0.5) is 4.39 Å². The number of halogens is 1. The van der Waals surface area contributed by atoms with Crippen molar-refractivity contribution in [2.75, 3.05) is 19.8 Å². The van der Waals surface area contributed by atoms with Gasteiger partial charge in [-0.1, -0.05) is 12.1 Å². The Morgan fingerprint density at radius 3 is 2.81 bits per heavy atom.